The summed E-state index contributed by atoms with van der Waals surface area (Å²) in [6.07, 6.45) is -2.39. The lowest BCUT2D eigenvalue weighted by atomic mass is 10.1. The van der Waals surface area contributed by atoms with Crippen LogP contribution in [0.2, 0.25) is 0 Å². The fraction of sp³-hybridized carbons (Fsp3) is 0.417. The van der Waals surface area contributed by atoms with Crippen molar-refractivity contribution in [2.75, 3.05) is 19.8 Å². The Kier molecular flexibility index (Phi) is 9.01. The number of hydrogen-bond acceptors (Lipinski definition) is 7. The number of hydrogen-bond donors (Lipinski definition) is 2. The Morgan fingerprint density at radius 3 is 2.44 bits per heavy atom. The summed E-state index contributed by atoms with van der Waals surface area (Å²) < 4.78 is 52.1. The molecule has 0 amide bonds. The summed E-state index contributed by atoms with van der Waals surface area (Å²) in [5, 5.41) is 17.9. The molecule has 0 aliphatic rings. The minimum absolute atomic E-state index is 0.173. The third-order valence-electron chi connectivity index (χ3n) is 5.08. The average Bonchev–Trinajstić information content (AvgIpc) is 3.32. The summed E-state index contributed by atoms with van der Waals surface area (Å²) in [5.41, 5.74) is 5.31. The van der Waals surface area contributed by atoms with Crippen LogP contribution in [-0.2, 0) is 23.1 Å². The molecule has 1 aromatic heterocycles. The van der Waals surface area contributed by atoms with Gasteiger partial charge in [-0.2, -0.15) is 13.2 Å². The summed E-state index contributed by atoms with van der Waals surface area (Å²) >= 11 is 1.04. The molecule has 1 atom stereocenters. The number of nitrogens with two attached hydrogens (primary N) is 1. The van der Waals surface area contributed by atoms with Crippen molar-refractivity contribution in [3.05, 3.63) is 64.7 Å². The van der Waals surface area contributed by atoms with Crippen molar-refractivity contribution in [3.63, 3.8) is 0 Å². The zero-order valence-corrected chi connectivity index (χ0v) is 19.7. The van der Waals surface area contributed by atoms with Crippen LogP contribution in [0.5, 0.6) is 5.75 Å². The lowest BCUT2D eigenvalue weighted by molar-refractivity contribution is -0.138. The molecule has 3 rings (SSSR count). The smallest absolute Gasteiger partial charge is 0.419 e. The molecule has 0 aliphatic heterocycles. The fourth-order valence-corrected chi connectivity index (χ4v) is 3.97. The number of nitrogens with zero attached hydrogens (tertiary/aromatic N) is 2. The van der Waals surface area contributed by atoms with Gasteiger partial charge in [-0.3, -0.25) is 0 Å². The molecule has 3 N–H and O–H groups in total. The Morgan fingerprint density at radius 1 is 1.00 bits per heavy atom. The number of aromatic nitrogens is 2. The van der Waals surface area contributed by atoms with Gasteiger partial charge < -0.3 is 20.3 Å². The normalized spacial score (nSPS) is 13.6. The maximum absolute atomic E-state index is 13.7. The highest BCUT2D eigenvalue weighted by Crippen LogP contribution is 2.39. The molecular formula is C24H28F3N3O3S. The quantitative estimate of drug-likeness (QED) is 0.338. The van der Waals surface area contributed by atoms with E-state index in [1.807, 2.05) is 30.3 Å². The van der Waals surface area contributed by atoms with E-state index in [0.717, 1.165) is 35.8 Å². The summed E-state index contributed by atoms with van der Waals surface area (Å²) in [6, 6.07) is 13.7. The molecule has 2 aromatic carbocycles. The van der Waals surface area contributed by atoms with Gasteiger partial charge in [-0.25, -0.2) is 0 Å². The van der Waals surface area contributed by atoms with E-state index in [9.17, 15) is 18.3 Å². The second kappa shape index (κ2) is 11.7. The molecule has 0 fully saturated rings. The molecule has 1 heterocycles. The van der Waals surface area contributed by atoms with E-state index < -0.39 is 17.3 Å². The van der Waals surface area contributed by atoms with E-state index >= 15 is 0 Å². The van der Waals surface area contributed by atoms with E-state index in [1.165, 1.54) is 12.1 Å². The monoisotopic (exact) mass is 495 g/mol. The van der Waals surface area contributed by atoms with Crippen LogP contribution in [-0.4, -0.2) is 35.1 Å². The number of aliphatic hydroxyl groups is 1. The zero-order chi connectivity index (χ0) is 24.6. The summed E-state index contributed by atoms with van der Waals surface area (Å²) in [5.74, 6) is -0.222. The van der Waals surface area contributed by atoms with E-state index in [-0.39, 0.29) is 29.5 Å². The van der Waals surface area contributed by atoms with Gasteiger partial charge in [0.2, 0.25) is 0 Å². The predicted octanol–water partition coefficient (Wildman–Crippen LogP) is 5.16. The molecule has 1 unspecified atom stereocenters. The van der Waals surface area contributed by atoms with Gasteiger partial charge in [0.25, 0.3) is 0 Å². The Morgan fingerprint density at radius 2 is 1.74 bits per heavy atom. The number of unbranched alkanes of at least 4 members (excludes halogenated alkanes) is 2. The lowest BCUT2D eigenvalue weighted by Gasteiger charge is -2.17. The van der Waals surface area contributed by atoms with Crippen LogP contribution in [0.25, 0.3) is 10.6 Å². The first-order valence-corrected chi connectivity index (χ1v) is 11.7. The van der Waals surface area contributed by atoms with Crippen molar-refractivity contribution in [1.29, 1.82) is 0 Å². The van der Waals surface area contributed by atoms with Crippen molar-refractivity contribution in [1.82, 2.24) is 10.2 Å². The summed E-state index contributed by atoms with van der Waals surface area (Å²) in [4.78, 5) is 0. The highest BCUT2D eigenvalue weighted by atomic mass is 32.1. The van der Waals surface area contributed by atoms with E-state index in [2.05, 4.69) is 10.2 Å². The van der Waals surface area contributed by atoms with Crippen LogP contribution in [0, 0.1) is 0 Å². The van der Waals surface area contributed by atoms with Gasteiger partial charge >= 0.3 is 6.18 Å². The average molecular weight is 496 g/mol. The molecule has 0 spiro atoms. The van der Waals surface area contributed by atoms with Gasteiger partial charge in [-0.15, -0.1) is 10.2 Å². The van der Waals surface area contributed by atoms with Crippen molar-refractivity contribution in [3.8, 4) is 16.3 Å². The van der Waals surface area contributed by atoms with E-state index in [4.69, 9.17) is 15.2 Å². The Hall–Kier alpha value is -2.53. The highest BCUT2D eigenvalue weighted by Gasteiger charge is 2.35. The van der Waals surface area contributed by atoms with Gasteiger partial charge in [0.15, 0.2) is 0 Å². The first-order chi connectivity index (χ1) is 16.2. The number of benzene rings is 2. The maximum atomic E-state index is 13.7. The number of ether oxygens (including phenoxy) is 2. The van der Waals surface area contributed by atoms with Crippen molar-refractivity contribution in [2.24, 2.45) is 5.73 Å². The molecule has 10 heteroatoms. The van der Waals surface area contributed by atoms with Crippen LogP contribution in [0.4, 0.5) is 13.2 Å². The van der Waals surface area contributed by atoms with Crippen LogP contribution in [0.1, 0.15) is 42.3 Å². The van der Waals surface area contributed by atoms with Crippen molar-refractivity contribution >= 4 is 11.3 Å². The lowest BCUT2D eigenvalue weighted by Crippen LogP contribution is -2.36. The SMILES string of the molecule is CC(N)(CO)c1nnc(-c2ccc(OCCCCCOCc3ccccc3)c(C(F)(F)F)c2)s1. The third-order valence-corrected chi connectivity index (χ3v) is 6.33. The maximum Gasteiger partial charge on any atom is 0.419 e. The molecule has 3 aromatic rings. The minimum atomic E-state index is -4.59. The van der Waals surface area contributed by atoms with E-state index in [1.54, 1.807) is 6.92 Å². The number of alkyl halides is 3. The Balaban J connectivity index is 1.52. The van der Waals surface area contributed by atoms with Crippen LogP contribution < -0.4 is 10.5 Å². The van der Waals surface area contributed by atoms with Crippen LogP contribution >= 0.6 is 11.3 Å². The highest BCUT2D eigenvalue weighted by molar-refractivity contribution is 7.14. The predicted molar refractivity (Wildman–Crippen MR) is 124 cm³/mol. The van der Waals surface area contributed by atoms with Gasteiger partial charge in [0.05, 0.1) is 30.9 Å². The fourth-order valence-electron chi connectivity index (χ4n) is 3.08. The second-order valence-corrected chi connectivity index (χ2v) is 9.12. The first kappa shape index (κ1) is 26.1. The zero-order valence-electron chi connectivity index (χ0n) is 18.8. The van der Waals surface area contributed by atoms with Crippen LogP contribution in [0.15, 0.2) is 48.5 Å². The molecule has 6 nitrogen and oxygen atoms in total. The second-order valence-electron chi connectivity index (χ2n) is 8.14. The van der Waals surface area contributed by atoms with Gasteiger partial charge in [-0.05, 0) is 49.9 Å². The Bertz CT molecular complexity index is 1040. The molecule has 184 valence electrons. The topological polar surface area (TPSA) is 90.5 Å². The largest absolute Gasteiger partial charge is 0.493 e. The molecule has 0 saturated heterocycles. The Labute approximate surface area is 200 Å². The number of rotatable bonds is 12. The third kappa shape index (κ3) is 7.23. The standard InChI is InChI=1S/C24H28F3N3O3S/c1-23(28,16-31)22-30-29-21(34-22)18-10-11-20(19(14-18)24(25,26)27)33-13-7-3-6-12-32-15-17-8-4-2-5-9-17/h2,4-5,8-11,14,31H,3,6-7,12-13,15-16,28H2,1H3. The number of halogens is 3. The molecule has 0 bridgehead atoms. The molecule has 34 heavy (non-hydrogen) atoms. The van der Waals surface area contributed by atoms with Gasteiger partial charge in [-0.1, -0.05) is 41.7 Å². The van der Waals surface area contributed by atoms with Crippen molar-refractivity contribution in [2.45, 2.75) is 44.5 Å². The van der Waals surface area contributed by atoms with Crippen molar-refractivity contribution < 1.29 is 27.8 Å². The minimum Gasteiger partial charge on any atom is -0.493 e. The van der Waals surface area contributed by atoms with Gasteiger partial charge in [0.1, 0.15) is 15.8 Å². The van der Waals surface area contributed by atoms with E-state index in [0.29, 0.717) is 24.6 Å². The molecular weight excluding hydrogens is 467 g/mol. The summed E-state index contributed by atoms with van der Waals surface area (Å²) in [7, 11) is 0. The van der Waals surface area contributed by atoms with Gasteiger partial charge in [0, 0.05) is 12.2 Å². The molecule has 0 radical (unpaired) electrons. The van der Waals surface area contributed by atoms with Crippen LogP contribution in [0.3, 0.4) is 0 Å². The first-order valence-electron chi connectivity index (χ1n) is 10.9. The number of aliphatic hydroxyl groups excluding tert-OH is 1. The molecule has 0 aliphatic carbocycles. The summed E-state index contributed by atoms with van der Waals surface area (Å²) in [6.45, 7) is 2.51. The molecule has 0 saturated carbocycles.